The van der Waals surface area contributed by atoms with Gasteiger partial charge in [0.25, 0.3) is 11.8 Å². The summed E-state index contributed by atoms with van der Waals surface area (Å²) in [6.07, 6.45) is 6.02. The summed E-state index contributed by atoms with van der Waals surface area (Å²) in [6, 6.07) is 6.67. The molecule has 0 radical (unpaired) electrons. The van der Waals surface area contributed by atoms with Gasteiger partial charge in [-0.3, -0.25) is 24.4 Å². The third-order valence-electron chi connectivity index (χ3n) is 15.7. The van der Waals surface area contributed by atoms with Gasteiger partial charge in [0.1, 0.15) is 18.2 Å². The van der Waals surface area contributed by atoms with E-state index in [-0.39, 0.29) is 49.8 Å². The van der Waals surface area contributed by atoms with Gasteiger partial charge in [0, 0.05) is 106 Å². The van der Waals surface area contributed by atoms with E-state index in [1.165, 1.54) is 21.2 Å². The molecule has 3 amide bonds. The van der Waals surface area contributed by atoms with Gasteiger partial charge in [0.2, 0.25) is 11.6 Å². The molecule has 3 N–H and O–H groups in total. The number of pyridine rings is 1. The van der Waals surface area contributed by atoms with Crippen LogP contribution in [0.2, 0.25) is 0 Å². The average molecular weight is 996 g/mol. The lowest BCUT2D eigenvalue weighted by Gasteiger charge is -2.40. The van der Waals surface area contributed by atoms with E-state index in [0.717, 1.165) is 109 Å². The van der Waals surface area contributed by atoms with Crippen molar-refractivity contribution in [2.24, 2.45) is 17.3 Å². The van der Waals surface area contributed by atoms with Crippen molar-refractivity contribution in [1.29, 1.82) is 0 Å². The zero-order chi connectivity index (χ0) is 50.4. The minimum Gasteiger partial charge on any atom is -0.462 e. The fraction of sp³-hybridized carbons (Fsp3) is 0.623. The quantitative estimate of drug-likeness (QED) is 0.164. The van der Waals surface area contributed by atoms with Gasteiger partial charge in [-0.1, -0.05) is 39.7 Å². The lowest BCUT2D eigenvalue weighted by Crippen LogP contribution is -2.67. The molecule has 4 aromatic rings. The second-order valence-corrected chi connectivity index (χ2v) is 22.4. The molecule has 0 spiro atoms. The molecule has 71 heavy (non-hydrogen) atoms. The van der Waals surface area contributed by atoms with Crippen molar-refractivity contribution in [2.75, 3.05) is 72.0 Å². The number of hydrazine groups is 1. The summed E-state index contributed by atoms with van der Waals surface area (Å²) < 4.78 is 20.3. The number of fused-ring (bicyclic) bond motifs is 6. The molecule has 1 aromatic carbocycles. The Bertz CT molecular complexity index is 2620. The van der Waals surface area contributed by atoms with Gasteiger partial charge in [0.15, 0.2) is 0 Å². The molecule has 18 heteroatoms. The zero-order valence-corrected chi connectivity index (χ0v) is 43.6. The number of nitrogens with one attached hydrogen (secondary N) is 2. The van der Waals surface area contributed by atoms with Crippen LogP contribution in [-0.2, 0) is 52.8 Å². The minimum absolute atomic E-state index is 0.00917. The van der Waals surface area contributed by atoms with Crippen LogP contribution in [0.25, 0.3) is 33.4 Å². The number of carbonyl (C=O) groups is 4. The first kappa shape index (κ1) is 50.9. The average Bonchev–Trinajstić information content (AvgIpc) is 4.20. The molecule has 4 aliphatic heterocycles. The summed E-state index contributed by atoms with van der Waals surface area (Å²) >= 11 is 1.40. The van der Waals surface area contributed by atoms with Gasteiger partial charge in [0.05, 0.1) is 46.7 Å². The highest BCUT2D eigenvalue weighted by atomic mass is 32.1. The third kappa shape index (κ3) is 10.3. The van der Waals surface area contributed by atoms with E-state index in [1.807, 2.05) is 25.4 Å². The van der Waals surface area contributed by atoms with Crippen molar-refractivity contribution >= 4 is 51.6 Å². The topological polar surface area (TPSA) is 184 Å². The number of hydrogen-bond donors (Lipinski definition) is 3. The predicted molar refractivity (Wildman–Crippen MR) is 272 cm³/mol. The van der Waals surface area contributed by atoms with Crippen LogP contribution in [0.3, 0.4) is 0 Å². The van der Waals surface area contributed by atoms with E-state index in [9.17, 15) is 24.3 Å². The van der Waals surface area contributed by atoms with Crippen LogP contribution in [0, 0.1) is 17.3 Å². The number of carbonyl (C=O) groups excluding carboxylic acids is 4. The number of methoxy groups -OCH3 is 1. The van der Waals surface area contributed by atoms with Crippen molar-refractivity contribution in [2.45, 2.75) is 129 Å². The van der Waals surface area contributed by atoms with Crippen LogP contribution in [0.1, 0.15) is 102 Å². The Morgan fingerprint density at radius 2 is 1.85 bits per heavy atom. The summed E-state index contributed by atoms with van der Waals surface area (Å²) in [4.78, 5) is 74.3. The number of benzene rings is 1. The molecule has 6 atom stereocenters. The predicted octanol–water partition coefficient (Wildman–Crippen LogP) is 5.72. The molecule has 5 aliphatic rings. The van der Waals surface area contributed by atoms with Crippen molar-refractivity contribution < 1.29 is 38.5 Å². The molecule has 17 nitrogen and oxygen atoms in total. The number of cyclic esters (lactones) is 1. The van der Waals surface area contributed by atoms with Crippen LogP contribution in [0.15, 0.2) is 35.8 Å². The first-order valence-electron chi connectivity index (χ1n) is 25.7. The maximum absolute atomic E-state index is 14.8. The monoisotopic (exact) mass is 996 g/mol. The fourth-order valence-electron chi connectivity index (χ4n) is 11.5. The van der Waals surface area contributed by atoms with E-state index >= 15 is 0 Å². The molecule has 1 saturated carbocycles. The van der Waals surface area contributed by atoms with Crippen LogP contribution in [-0.4, -0.2) is 149 Å². The summed E-state index contributed by atoms with van der Waals surface area (Å²) in [5.74, 6) is -2.20. The number of anilines is 1. The molecule has 6 bridgehead atoms. The summed E-state index contributed by atoms with van der Waals surface area (Å²) in [5, 5.41) is 19.9. The number of aromatic nitrogens is 3. The molecule has 4 fully saturated rings. The maximum atomic E-state index is 14.8. The normalized spacial score (nSPS) is 25.5. The Hall–Kier alpha value is -4.98. The molecule has 1 aliphatic carbocycles. The molecule has 9 rings (SSSR count). The number of aryl methyl sites for hydroxylation is 1. The van der Waals surface area contributed by atoms with Crippen LogP contribution in [0.4, 0.5) is 5.69 Å². The number of thiazole rings is 1. The second kappa shape index (κ2) is 20.9. The Kier molecular flexibility index (Phi) is 15.0. The van der Waals surface area contributed by atoms with Gasteiger partial charge in [-0.2, -0.15) is 5.43 Å². The number of amides is 3. The van der Waals surface area contributed by atoms with E-state index in [4.69, 9.17) is 24.2 Å². The number of rotatable bonds is 10. The van der Waals surface area contributed by atoms with E-state index in [2.05, 4.69) is 77.2 Å². The highest BCUT2D eigenvalue weighted by Gasteiger charge is 2.47. The van der Waals surface area contributed by atoms with Crippen LogP contribution < -0.4 is 15.6 Å². The zero-order valence-electron chi connectivity index (χ0n) is 42.8. The molecular weight excluding hydrogens is 923 g/mol. The van der Waals surface area contributed by atoms with Crippen molar-refractivity contribution in [3.05, 3.63) is 52.1 Å². The Morgan fingerprint density at radius 1 is 1.08 bits per heavy atom. The smallest absolute Gasteiger partial charge is 0.355 e. The first-order chi connectivity index (χ1) is 34.0. The lowest BCUT2D eigenvalue weighted by molar-refractivity contribution is -0.189. The van der Waals surface area contributed by atoms with Crippen molar-refractivity contribution in [3.63, 3.8) is 0 Å². The van der Waals surface area contributed by atoms with Gasteiger partial charge < -0.3 is 43.9 Å². The molecule has 3 aromatic heterocycles. The highest BCUT2D eigenvalue weighted by Crippen LogP contribution is 2.43. The van der Waals surface area contributed by atoms with Crippen LogP contribution >= 0.6 is 11.3 Å². The van der Waals surface area contributed by atoms with Gasteiger partial charge in [-0.05, 0) is 88.6 Å². The summed E-state index contributed by atoms with van der Waals surface area (Å²) in [7, 11) is 5.52. The summed E-state index contributed by atoms with van der Waals surface area (Å²) in [6.45, 7) is 15.2. The number of piperazine rings is 1. The molecule has 7 heterocycles. The van der Waals surface area contributed by atoms with Gasteiger partial charge >= 0.3 is 5.97 Å². The lowest BCUT2D eigenvalue weighted by atomic mass is 9.84. The third-order valence-corrected chi connectivity index (χ3v) is 16.6. The molecule has 0 unspecified atom stereocenters. The fourth-order valence-corrected chi connectivity index (χ4v) is 12.3. The Balaban J connectivity index is 1.13. The largest absolute Gasteiger partial charge is 0.462 e. The Morgan fingerprint density at radius 3 is 2.55 bits per heavy atom. The van der Waals surface area contributed by atoms with Gasteiger partial charge in [-0.15, -0.1) is 11.3 Å². The standard InChI is InChI=1S/C53H73N9O8S/c1-9-61-42-16-15-35-25-37(42)39(46(61)38-26-36(29-54-44(38)33(3)68-8)60-22-20-58(6)21-23-60)28-52(4,5)31-70-51(66)53(67)18-12-19-62(57-53)49(64)40(27-43-55-41(35)30-71-43)56-48(63)45(34-13-10-11-14-34)59(7)50(65)47-32(2)17-24-69-47/h15-16,25-26,29-30,32-34,40,45,47,57,67H,9-14,17-24,27-28,31H2,1-8H3,(H,56,63)/t32-,33-,40-,45-,47+,53-/m0/s1. The first-order valence-corrected chi connectivity index (χ1v) is 26.6. The SMILES string of the molecule is CCn1c(-c2cc(N3CCN(C)CC3)cnc2[C@H](C)OC)c2c3cc(ccc31)-c1csc(n1)C[C@H](NC(=O)[C@H](C1CCCC1)N(C)C(=O)[C@@H]1OCC[C@@H]1C)C(=O)N1CCC[C@@](O)(N1)C(=O)OCC(C)(C)C2. The summed E-state index contributed by atoms with van der Waals surface area (Å²) in [5.41, 5.74) is 7.55. The van der Waals surface area contributed by atoms with Gasteiger partial charge in [-0.25, -0.2) is 9.78 Å². The number of ether oxygens (including phenoxy) is 3. The maximum Gasteiger partial charge on any atom is 0.355 e. The van der Waals surface area contributed by atoms with E-state index < -0.39 is 47.1 Å². The minimum atomic E-state index is -2.21. The molecular formula is C53H73N9O8S. The van der Waals surface area contributed by atoms with E-state index in [1.54, 1.807) is 14.2 Å². The van der Waals surface area contributed by atoms with E-state index in [0.29, 0.717) is 31.0 Å². The number of hydrogen-bond acceptors (Lipinski definition) is 14. The number of likely N-dealkylation sites (N-methyl/N-ethyl adjacent to an activating group) is 2. The molecule has 384 valence electrons. The van der Waals surface area contributed by atoms with Crippen molar-refractivity contribution in [3.8, 4) is 22.5 Å². The number of aliphatic hydroxyl groups is 1. The number of esters is 1. The van der Waals surface area contributed by atoms with Crippen molar-refractivity contribution in [1.82, 2.24) is 40.1 Å². The van der Waals surface area contributed by atoms with Crippen LogP contribution in [0.5, 0.6) is 0 Å². The Labute approximate surface area is 421 Å². The highest BCUT2D eigenvalue weighted by molar-refractivity contribution is 7.10. The second-order valence-electron chi connectivity index (χ2n) is 21.5. The molecule has 3 saturated heterocycles. The number of nitrogens with zero attached hydrogens (tertiary/aromatic N) is 7.